The molecule has 0 saturated heterocycles. The van der Waals surface area contributed by atoms with Crippen LogP contribution in [0.15, 0.2) is 16.5 Å². The SMILES string of the molecule is CC(C)(C)[S@+]([O-])N=Cc1cc(NC(=O)O)c(F)cc1Cl. The number of hydrogen-bond acceptors (Lipinski definition) is 3. The van der Waals surface area contributed by atoms with Crippen molar-refractivity contribution < 1.29 is 18.8 Å². The zero-order valence-corrected chi connectivity index (χ0v) is 12.7. The van der Waals surface area contributed by atoms with Gasteiger partial charge >= 0.3 is 6.09 Å². The van der Waals surface area contributed by atoms with Crippen LogP contribution in [0.5, 0.6) is 0 Å². The molecule has 0 radical (unpaired) electrons. The molecule has 1 atom stereocenters. The van der Waals surface area contributed by atoms with E-state index < -0.39 is 28.0 Å². The molecule has 0 aliphatic carbocycles. The molecule has 0 unspecified atom stereocenters. The summed E-state index contributed by atoms with van der Waals surface area (Å²) in [6, 6.07) is 2.16. The predicted octanol–water partition coefficient (Wildman–Crippen LogP) is 3.45. The lowest BCUT2D eigenvalue weighted by atomic mass is 10.2. The Labute approximate surface area is 124 Å². The van der Waals surface area contributed by atoms with Gasteiger partial charge in [-0.05, 0) is 32.9 Å². The van der Waals surface area contributed by atoms with Crippen LogP contribution in [0.2, 0.25) is 5.02 Å². The van der Waals surface area contributed by atoms with Gasteiger partial charge in [-0.1, -0.05) is 16.0 Å². The molecule has 8 heteroatoms. The summed E-state index contributed by atoms with van der Waals surface area (Å²) in [5.41, 5.74) is 0.0271. The number of rotatable bonds is 3. The molecular formula is C12H14ClFN2O3S. The van der Waals surface area contributed by atoms with E-state index in [0.29, 0.717) is 0 Å². The number of halogens is 2. The molecule has 0 aromatic heterocycles. The fourth-order valence-corrected chi connectivity index (χ4v) is 1.86. The third-order valence-corrected chi connectivity index (χ3v) is 3.81. The van der Waals surface area contributed by atoms with E-state index in [1.54, 1.807) is 20.8 Å². The monoisotopic (exact) mass is 320 g/mol. The lowest BCUT2D eigenvalue weighted by Crippen LogP contribution is -2.25. The van der Waals surface area contributed by atoms with E-state index in [1.807, 2.05) is 5.32 Å². The van der Waals surface area contributed by atoms with Crippen molar-refractivity contribution in [3.8, 4) is 0 Å². The number of nitrogens with zero attached hydrogens (tertiary/aromatic N) is 1. The van der Waals surface area contributed by atoms with Gasteiger partial charge < -0.3 is 9.66 Å². The fraction of sp³-hybridized carbons (Fsp3) is 0.333. The minimum Gasteiger partial charge on any atom is -0.591 e. The Morgan fingerprint density at radius 1 is 1.55 bits per heavy atom. The van der Waals surface area contributed by atoms with E-state index >= 15 is 0 Å². The average Bonchev–Trinajstić information content (AvgIpc) is 2.28. The summed E-state index contributed by atoms with van der Waals surface area (Å²) >= 11 is 4.34. The standard InChI is InChI=1S/C12H14ClFN2O3S/c1-12(2,3)20(19)15-6-7-4-10(16-11(17)18)9(14)5-8(7)13/h4-6,16H,1-3H3,(H,17,18)/t20-/m0/s1. The summed E-state index contributed by atoms with van der Waals surface area (Å²) in [5.74, 6) is -0.800. The Morgan fingerprint density at radius 2 is 2.15 bits per heavy atom. The topological polar surface area (TPSA) is 84.8 Å². The Morgan fingerprint density at radius 3 is 2.65 bits per heavy atom. The molecule has 20 heavy (non-hydrogen) atoms. The molecule has 2 N–H and O–H groups in total. The summed E-state index contributed by atoms with van der Waals surface area (Å²) in [5, 5.41) is 10.5. The van der Waals surface area contributed by atoms with Crippen LogP contribution < -0.4 is 5.32 Å². The van der Waals surface area contributed by atoms with Crippen LogP contribution in [0.3, 0.4) is 0 Å². The van der Waals surface area contributed by atoms with E-state index in [1.165, 1.54) is 12.3 Å². The van der Waals surface area contributed by atoms with E-state index in [4.69, 9.17) is 16.7 Å². The van der Waals surface area contributed by atoms with Crippen molar-refractivity contribution in [2.24, 2.45) is 4.40 Å². The number of nitrogens with one attached hydrogen (secondary N) is 1. The molecule has 0 heterocycles. The van der Waals surface area contributed by atoms with E-state index in [-0.39, 0.29) is 16.3 Å². The third-order valence-electron chi connectivity index (χ3n) is 2.14. The van der Waals surface area contributed by atoms with Crippen molar-refractivity contribution in [2.75, 3.05) is 5.32 Å². The highest BCUT2D eigenvalue weighted by Crippen LogP contribution is 2.24. The first-order valence-electron chi connectivity index (χ1n) is 5.56. The molecule has 110 valence electrons. The summed E-state index contributed by atoms with van der Waals surface area (Å²) in [6.07, 6.45) is -0.164. The van der Waals surface area contributed by atoms with E-state index in [9.17, 15) is 13.7 Å². The molecular weight excluding hydrogens is 307 g/mol. The van der Waals surface area contributed by atoms with Crippen LogP contribution in [0.25, 0.3) is 0 Å². The maximum atomic E-state index is 13.5. The van der Waals surface area contributed by atoms with Gasteiger partial charge in [-0.15, -0.1) is 0 Å². The quantitative estimate of drug-likeness (QED) is 0.660. The number of carboxylic acid groups (broad SMARTS) is 1. The highest BCUT2D eigenvalue weighted by Gasteiger charge is 2.26. The van der Waals surface area contributed by atoms with Crippen molar-refractivity contribution in [3.05, 3.63) is 28.5 Å². The van der Waals surface area contributed by atoms with Crippen molar-refractivity contribution in [3.63, 3.8) is 0 Å². The second-order valence-electron chi connectivity index (χ2n) is 4.88. The van der Waals surface area contributed by atoms with Crippen LogP contribution in [0.4, 0.5) is 14.9 Å². The van der Waals surface area contributed by atoms with Crippen molar-refractivity contribution in [2.45, 2.75) is 25.5 Å². The summed E-state index contributed by atoms with van der Waals surface area (Å²) in [7, 11) is 0. The van der Waals surface area contributed by atoms with Crippen LogP contribution >= 0.6 is 11.6 Å². The van der Waals surface area contributed by atoms with Gasteiger partial charge in [-0.25, -0.2) is 9.18 Å². The molecule has 1 aromatic rings. The second kappa shape index (κ2) is 6.43. The molecule has 1 aromatic carbocycles. The average molecular weight is 321 g/mol. The van der Waals surface area contributed by atoms with Gasteiger partial charge in [0.15, 0.2) is 0 Å². The Bertz CT molecular complexity index is 546. The van der Waals surface area contributed by atoms with Gasteiger partial charge in [0.2, 0.25) is 0 Å². The first kappa shape index (κ1) is 16.7. The van der Waals surface area contributed by atoms with Crippen LogP contribution in [0, 0.1) is 5.82 Å². The summed E-state index contributed by atoms with van der Waals surface area (Å²) in [6.45, 7) is 5.26. The van der Waals surface area contributed by atoms with Gasteiger partial charge in [0.1, 0.15) is 21.9 Å². The zero-order chi connectivity index (χ0) is 15.5. The minimum atomic E-state index is -1.49. The molecule has 0 aliphatic rings. The lowest BCUT2D eigenvalue weighted by molar-refractivity contribution is 0.209. The van der Waals surface area contributed by atoms with E-state index in [2.05, 4.69) is 4.40 Å². The van der Waals surface area contributed by atoms with Gasteiger partial charge in [-0.2, -0.15) is 0 Å². The Balaban J connectivity index is 3.06. The van der Waals surface area contributed by atoms with Crippen molar-refractivity contribution in [1.82, 2.24) is 0 Å². The molecule has 0 fully saturated rings. The largest absolute Gasteiger partial charge is 0.591 e. The second-order valence-corrected chi connectivity index (χ2v) is 7.22. The number of carbonyl (C=O) groups is 1. The molecule has 5 nitrogen and oxygen atoms in total. The number of anilines is 1. The summed E-state index contributed by atoms with van der Waals surface area (Å²) in [4.78, 5) is 10.5. The lowest BCUT2D eigenvalue weighted by Gasteiger charge is -2.17. The van der Waals surface area contributed by atoms with Crippen LogP contribution in [0.1, 0.15) is 26.3 Å². The number of benzene rings is 1. The Hall–Kier alpha value is -1.31. The van der Waals surface area contributed by atoms with Gasteiger partial charge in [0, 0.05) is 5.56 Å². The fourth-order valence-electron chi connectivity index (χ4n) is 1.14. The van der Waals surface area contributed by atoms with Gasteiger partial charge in [-0.3, -0.25) is 5.32 Å². The highest BCUT2D eigenvalue weighted by atomic mass is 35.5. The first-order valence-corrected chi connectivity index (χ1v) is 7.05. The van der Waals surface area contributed by atoms with Gasteiger partial charge in [0.25, 0.3) is 0 Å². The number of hydrogen-bond donors (Lipinski definition) is 2. The normalized spacial score (nSPS) is 13.5. The smallest absolute Gasteiger partial charge is 0.409 e. The third kappa shape index (κ3) is 4.66. The van der Waals surface area contributed by atoms with E-state index in [0.717, 1.165) is 6.07 Å². The van der Waals surface area contributed by atoms with Crippen LogP contribution in [-0.2, 0) is 11.4 Å². The predicted molar refractivity (Wildman–Crippen MR) is 78.5 cm³/mol. The van der Waals surface area contributed by atoms with Crippen LogP contribution in [-0.4, -0.2) is 26.7 Å². The maximum absolute atomic E-state index is 13.5. The zero-order valence-electron chi connectivity index (χ0n) is 11.1. The Kier molecular flexibility index (Phi) is 5.38. The first-order chi connectivity index (χ1) is 9.11. The highest BCUT2D eigenvalue weighted by molar-refractivity contribution is 7.91. The number of amides is 1. The molecule has 0 saturated carbocycles. The summed E-state index contributed by atoms with van der Waals surface area (Å²) < 4.78 is 28.5. The minimum absolute atomic E-state index is 0.0492. The van der Waals surface area contributed by atoms with Crippen molar-refractivity contribution in [1.29, 1.82) is 0 Å². The van der Waals surface area contributed by atoms with Crippen molar-refractivity contribution >= 4 is 41.0 Å². The maximum Gasteiger partial charge on any atom is 0.409 e. The molecule has 0 bridgehead atoms. The molecule has 0 spiro atoms. The van der Waals surface area contributed by atoms with Gasteiger partial charge in [0.05, 0.1) is 16.9 Å². The molecule has 0 aliphatic heterocycles. The molecule has 1 amide bonds. The molecule has 1 rings (SSSR count).